The Bertz CT molecular complexity index is 683. The summed E-state index contributed by atoms with van der Waals surface area (Å²) < 4.78 is 0. The Morgan fingerprint density at radius 1 is 1.29 bits per heavy atom. The molecule has 5 nitrogen and oxygen atoms in total. The molecule has 1 heterocycles. The van der Waals surface area contributed by atoms with Crippen LogP contribution in [0.4, 0.5) is 0 Å². The standard InChI is InChI=1S/C19H24N2O3/c22-17-10-19(12-20-17)7-6-14-8-15(4-5-16(14)9-19)18(23)21(24)11-13-2-1-3-13/h4-5,8,13,24H,1-3,6-7,9-12H2,(H,20,22)/t19-/m0/s1. The van der Waals surface area contributed by atoms with Gasteiger partial charge in [-0.25, -0.2) is 5.06 Å². The second kappa shape index (κ2) is 5.88. The molecule has 1 aromatic carbocycles. The summed E-state index contributed by atoms with van der Waals surface area (Å²) in [5, 5.41) is 13.9. The van der Waals surface area contributed by atoms with E-state index in [0.29, 0.717) is 24.4 Å². The number of benzene rings is 1. The minimum Gasteiger partial charge on any atom is -0.356 e. The van der Waals surface area contributed by atoms with Crippen LogP contribution in [0.5, 0.6) is 0 Å². The molecule has 1 aromatic rings. The number of carbonyl (C=O) groups excluding carboxylic acids is 2. The maximum Gasteiger partial charge on any atom is 0.277 e. The van der Waals surface area contributed by atoms with Crippen LogP contribution < -0.4 is 5.32 Å². The Hall–Kier alpha value is -1.88. The lowest BCUT2D eigenvalue weighted by Crippen LogP contribution is -2.35. The molecule has 1 spiro atoms. The Balaban J connectivity index is 1.48. The van der Waals surface area contributed by atoms with E-state index in [1.54, 1.807) is 0 Å². The molecule has 1 atom stereocenters. The van der Waals surface area contributed by atoms with Gasteiger partial charge in [0.25, 0.3) is 5.91 Å². The lowest BCUT2D eigenvalue weighted by atomic mass is 9.71. The van der Waals surface area contributed by atoms with E-state index < -0.39 is 0 Å². The lowest BCUT2D eigenvalue weighted by Gasteiger charge is -2.33. The van der Waals surface area contributed by atoms with Gasteiger partial charge in [0.1, 0.15) is 0 Å². The van der Waals surface area contributed by atoms with Crippen LogP contribution in [0, 0.1) is 11.3 Å². The van der Waals surface area contributed by atoms with E-state index in [0.717, 1.165) is 43.7 Å². The van der Waals surface area contributed by atoms with E-state index in [1.807, 2.05) is 18.2 Å². The van der Waals surface area contributed by atoms with Crippen LogP contribution in [0.2, 0.25) is 0 Å². The summed E-state index contributed by atoms with van der Waals surface area (Å²) in [5.41, 5.74) is 3.04. The van der Waals surface area contributed by atoms with E-state index >= 15 is 0 Å². The van der Waals surface area contributed by atoms with Crippen LogP contribution in [0.3, 0.4) is 0 Å². The number of hydrogen-bond donors (Lipinski definition) is 2. The third-order valence-corrected chi connectivity index (χ3v) is 6.03. The predicted octanol–water partition coefficient (Wildman–Crippen LogP) is 2.31. The average molecular weight is 328 g/mol. The summed E-state index contributed by atoms with van der Waals surface area (Å²) in [6, 6.07) is 5.75. The molecule has 2 aliphatic carbocycles. The Kier molecular flexibility index (Phi) is 3.83. The highest BCUT2D eigenvalue weighted by Crippen LogP contribution is 2.40. The third kappa shape index (κ3) is 2.81. The molecule has 0 aromatic heterocycles. The molecule has 0 unspecified atom stereocenters. The average Bonchev–Trinajstić information content (AvgIpc) is 2.90. The van der Waals surface area contributed by atoms with Gasteiger partial charge in [0, 0.05) is 23.9 Å². The first-order valence-electron chi connectivity index (χ1n) is 8.94. The normalized spacial score (nSPS) is 26.0. The van der Waals surface area contributed by atoms with Crippen molar-refractivity contribution < 1.29 is 14.8 Å². The number of fused-ring (bicyclic) bond motifs is 1. The first-order valence-corrected chi connectivity index (χ1v) is 8.94. The molecule has 0 bridgehead atoms. The van der Waals surface area contributed by atoms with E-state index in [2.05, 4.69) is 5.32 Å². The van der Waals surface area contributed by atoms with Crippen LogP contribution >= 0.6 is 0 Å². The molecular formula is C19H24N2O3. The number of amides is 2. The fourth-order valence-corrected chi connectivity index (χ4v) is 4.26. The number of nitrogens with one attached hydrogen (secondary N) is 1. The summed E-state index contributed by atoms with van der Waals surface area (Å²) in [6.45, 7) is 1.20. The van der Waals surface area contributed by atoms with Crippen molar-refractivity contribution in [1.29, 1.82) is 0 Å². The van der Waals surface area contributed by atoms with Gasteiger partial charge in [-0.1, -0.05) is 12.5 Å². The maximum absolute atomic E-state index is 12.4. The van der Waals surface area contributed by atoms with Crippen molar-refractivity contribution in [3.63, 3.8) is 0 Å². The number of nitrogens with zero attached hydrogens (tertiary/aromatic N) is 1. The van der Waals surface area contributed by atoms with Crippen molar-refractivity contribution in [2.45, 2.75) is 44.9 Å². The number of rotatable bonds is 3. The van der Waals surface area contributed by atoms with Gasteiger partial charge < -0.3 is 5.32 Å². The highest BCUT2D eigenvalue weighted by atomic mass is 16.5. The van der Waals surface area contributed by atoms with Crippen molar-refractivity contribution in [1.82, 2.24) is 10.4 Å². The molecule has 2 amide bonds. The maximum atomic E-state index is 12.4. The first kappa shape index (κ1) is 15.6. The highest BCUT2D eigenvalue weighted by Gasteiger charge is 2.40. The third-order valence-electron chi connectivity index (χ3n) is 6.03. The monoisotopic (exact) mass is 328 g/mol. The molecular weight excluding hydrogens is 304 g/mol. The van der Waals surface area contributed by atoms with Crippen LogP contribution in [0.15, 0.2) is 18.2 Å². The van der Waals surface area contributed by atoms with E-state index in [9.17, 15) is 14.8 Å². The van der Waals surface area contributed by atoms with Gasteiger partial charge in [-0.05, 0) is 61.3 Å². The minimum absolute atomic E-state index is 0.0584. The van der Waals surface area contributed by atoms with Gasteiger partial charge in [-0.2, -0.15) is 0 Å². The summed E-state index contributed by atoms with van der Waals surface area (Å²) in [6.07, 6.45) is 6.76. The zero-order valence-electron chi connectivity index (χ0n) is 13.9. The summed E-state index contributed by atoms with van der Waals surface area (Å²) in [5.74, 6) is 0.295. The predicted molar refractivity (Wildman–Crippen MR) is 88.7 cm³/mol. The van der Waals surface area contributed by atoms with Crippen LogP contribution in [-0.4, -0.2) is 35.2 Å². The number of carbonyl (C=O) groups is 2. The second-order valence-corrected chi connectivity index (χ2v) is 7.80. The Morgan fingerprint density at radius 3 is 2.79 bits per heavy atom. The Morgan fingerprint density at radius 2 is 2.12 bits per heavy atom. The van der Waals surface area contributed by atoms with Crippen molar-refractivity contribution >= 4 is 11.8 Å². The zero-order chi connectivity index (χ0) is 16.7. The van der Waals surface area contributed by atoms with Crippen molar-refractivity contribution in [2.75, 3.05) is 13.1 Å². The van der Waals surface area contributed by atoms with E-state index in [4.69, 9.17) is 0 Å². The Labute approximate surface area is 142 Å². The molecule has 0 radical (unpaired) electrons. The molecule has 5 heteroatoms. The van der Waals surface area contributed by atoms with Gasteiger partial charge in [0.05, 0.1) is 6.54 Å². The highest BCUT2D eigenvalue weighted by molar-refractivity contribution is 5.93. The molecule has 2 fully saturated rings. The number of hydrogen-bond acceptors (Lipinski definition) is 3. The molecule has 4 rings (SSSR count). The second-order valence-electron chi connectivity index (χ2n) is 7.80. The SMILES string of the molecule is O=C1C[C@@]2(CCc3cc(C(=O)N(O)CC4CCC4)ccc3C2)CN1. The topological polar surface area (TPSA) is 69.6 Å². The van der Waals surface area contributed by atoms with Gasteiger partial charge in [0.15, 0.2) is 0 Å². The summed E-state index contributed by atoms with van der Waals surface area (Å²) in [7, 11) is 0. The first-order chi connectivity index (χ1) is 11.5. The van der Waals surface area contributed by atoms with E-state index in [-0.39, 0.29) is 17.2 Å². The summed E-state index contributed by atoms with van der Waals surface area (Å²) >= 11 is 0. The quantitative estimate of drug-likeness (QED) is 0.661. The number of aryl methyl sites for hydroxylation is 1. The fourth-order valence-electron chi connectivity index (χ4n) is 4.26. The minimum atomic E-state index is -0.303. The van der Waals surface area contributed by atoms with Crippen LogP contribution in [0.1, 0.15) is 53.6 Å². The largest absolute Gasteiger partial charge is 0.356 e. The van der Waals surface area contributed by atoms with E-state index in [1.165, 1.54) is 17.5 Å². The van der Waals surface area contributed by atoms with Crippen molar-refractivity contribution in [3.05, 3.63) is 34.9 Å². The summed E-state index contributed by atoms with van der Waals surface area (Å²) in [4.78, 5) is 24.0. The molecule has 1 saturated heterocycles. The van der Waals surface area contributed by atoms with Crippen molar-refractivity contribution in [3.8, 4) is 0 Å². The smallest absolute Gasteiger partial charge is 0.277 e. The fraction of sp³-hybridized carbons (Fsp3) is 0.579. The van der Waals surface area contributed by atoms with Gasteiger partial charge >= 0.3 is 0 Å². The molecule has 1 saturated carbocycles. The zero-order valence-corrected chi connectivity index (χ0v) is 13.9. The lowest BCUT2D eigenvalue weighted by molar-refractivity contribution is -0.119. The molecule has 2 N–H and O–H groups in total. The van der Waals surface area contributed by atoms with Gasteiger partial charge in [0.2, 0.25) is 5.91 Å². The molecule has 24 heavy (non-hydrogen) atoms. The molecule has 3 aliphatic rings. The van der Waals surface area contributed by atoms with Gasteiger partial charge in [-0.3, -0.25) is 14.8 Å². The molecule has 1 aliphatic heterocycles. The number of hydroxylamine groups is 2. The van der Waals surface area contributed by atoms with Crippen LogP contribution in [-0.2, 0) is 17.6 Å². The van der Waals surface area contributed by atoms with Crippen LogP contribution in [0.25, 0.3) is 0 Å². The van der Waals surface area contributed by atoms with Gasteiger partial charge in [-0.15, -0.1) is 0 Å². The molecule has 128 valence electrons. The van der Waals surface area contributed by atoms with Crippen molar-refractivity contribution in [2.24, 2.45) is 11.3 Å².